The van der Waals surface area contributed by atoms with E-state index in [0.717, 1.165) is 26.1 Å². The minimum absolute atomic E-state index is 0.324. The van der Waals surface area contributed by atoms with Gasteiger partial charge < -0.3 is 10.0 Å². The van der Waals surface area contributed by atoms with Gasteiger partial charge in [0, 0.05) is 37.8 Å². The number of nitrogens with zero attached hydrogens (tertiary/aromatic N) is 2. The van der Waals surface area contributed by atoms with Gasteiger partial charge in [-0.2, -0.15) is 0 Å². The van der Waals surface area contributed by atoms with Gasteiger partial charge in [0.05, 0.1) is 0 Å². The third kappa shape index (κ3) is 4.50. The number of rotatable bonds is 5. The first kappa shape index (κ1) is 17.3. The standard InChI is InChI=1S/C20H30N2O2/c1-16-4-7-18(8-5-16)21-13-10-19(11-14-21)22-12-2-3-17(15-22)6-9-20(23)24/h4-5,7-8,17,19H,2-3,6,9-15H2,1H3,(H,23,24). The highest BCUT2D eigenvalue weighted by Crippen LogP contribution is 2.28. The number of carbonyl (C=O) groups is 1. The van der Waals surface area contributed by atoms with E-state index in [1.165, 1.54) is 43.5 Å². The first-order valence-electron chi connectivity index (χ1n) is 9.39. The highest BCUT2D eigenvalue weighted by Gasteiger charge is 2.29. The minimum atomic E-state index is -0.654. The summed E-state index contributed by atoms with van der Waals surface area (Å²) in [5, 5.41) is 8.89. The number of carboxylic acids is 1. The second-order valence-corrected chi connectivity index (χ2v) is 7.49. The lowest BCUT2D eigenvalue weighted by Crippen LogP contribution is -2.48. The Kier molecular flexibility index (Phi) is 5.77. The van der Waals surface area contributed by atoms with Crippen molar-refractivity contribution in [3.05, 3.63) is 29.8 Å². The van der Waals surface area contributed by atoms with Crippen LogP contribution in [0.3, 0.4) is 0 Å². The van der Waals surface area contributed by atoms with Crippen LogP contribution in [0, 0.1) is 12.8 Å². The highest BCUT2D eigenvalue weighted by molar-refractivity contribution is 5.66. The van der Waals surface area contributed by atoms with Crippen molar-refractivity contribution in [1.29, 1.82) is 0 Å². The molecule has 2 saturated heterocycles. The average Bonchev–Trinajstić information content (AvgIpc) is 2.61. The van der Waals surface area contributed by atoms with Crippen molar-refractivity contribution in [3.63, 3.8) is 0 Å². The molecule has 0 spiro atoms. The molecule has 1 N–H and O–H groups in total. The number of hydrogen-bond acceptors (Lipinski definition) is 3. The van der Waals surface area contributed by atoms with Gasteiger partial charge in [-0.3, -0.25) is 9.69 Å². The van der Waals surface area contributed by atoms with Crippen LogP contribution in [0.5, 0.6) is 0 Å². The largest absolute Gasteiger partial charge is 0.481 e. The second kappa shape index (κ2) is 8.02. The lowest BCUT2D eigenvalue weighted by molar-refractivity contribution is -0.137. The zero-order valence-corrected chi connectivity index (χ0v) is 14.8. The van der Waals surface area contributed by atoms with Crippen LogP contribution in [0.2, 0.25) is 0 Å². The number of likely N-dealkylation sites (tertiary alicyclic amines) is 1. The molecule has 0 aromatic heterocycles. The molecule has 132 valence electrons. The third-order valence-electron chi connectivity index (χ3n) is 5.70. The summed E-state index contributed by atoms with van der Waals surface area (Å²) < 4.78 is 0. The molecule has 2 aliphatic rings. The van der Waals surface area contributed by atoms with E-state index in [1.807, 2.05) is 0 Å². The van der Waals surface area contributed by atoms with Gasteiger partial charge >= 0.3 is 5.97 Å². The molecule has 2 aliphatic heterocycles. The van der Waals surface area contributed by atoms with Gasteiger partial charge in [0.1, 0.15) is 0 Å². The van der Waals surface area contributed by atoms with Crippen LogP contribution in [0.25, 0.3) is 0 Å². The van der Waals surface area contributed by atoms with Crippen LogP contribution in [0.1, 0.15) is 44.1 Å². The summed E-state index contributed by atoms with van der Waals surface area (Å²) in [6.07, 6.45) is 6.03. The molecule has 0 bridgehead atoms. The number of hydrogen-bond donors (Lipinski definition) is 1. The number of aryl methyl sites for hydroxylation is 1. The summed E-state index contributed by atoms with van der Waals surface area (Å²) in [6, 6.07) is 9.54. The van der Waals surface area contributed by atoms with Crippen molar-refractivity contribution in [2.45, 2.75) is 51.5 Å². The molecule has 0 saturated carbocycles. The molecule has 1 aromatic carbocycles. The summed E-state index contributed by atoms with van der Waals surface area (Å²) in [6.45, 7) is 6.68. The van der Waals surface area contributed by atoms with Gasteiger partial charge in [-0.1, -0.05) is 17.7 Å². The van der Waals surface area contributed by atoms with Gasteiger partial charge in [-0.25, -0.2) is 0 Å². The van der Waals surface area contributed by atoms with Crippen LogP contribution in [-0.2, 0) is 4.79 Å². The quantitative estimate of drug-likeness (QED) is 0.897. The summed E-state index contributed by atoms with van der Waals surface area (Å²) >= 11 is 0. The summed E-state index contributed by atoms with van der Waals surface area (Å²) in [4.78, 5) is 15.9. The first-order valence-corrected chi connectivity index (χ1v) is 9.39. The second-order valence-electron chi connectivity index (χ2n) is 7.49. The van der Waals surface area contributed by atoms with E-state index in [2.05, 4.69) is 41.0 Å². The smallest absolute Gasteiger partial charge is 0.303 e. The van der Waals surface area contributed by atoms with Crippen molar-refractivity contribution in [1.82, 2.24) is 4.90 Å². The highest BCUT2D eigenvalue weighted by atomic mass is 16.4. The number of anilines is 1. The first-order chi connectivity index (χ1) is 11.6. The zero-order chi connectivity index (χ0) is 16.9. The van der Waals surface area contributed by atoms with Crippen LogP contribution in [0.15, 0.2) is 24.3 Å². The molecule has 0 amide bonds. The minimum Gasteiger partial charge on any atom is -0.481 e. The van der Waals surface area contributed by atoms with E-state index >= 15 is 0 Å². The fourth-order valence-corrected chi connectivity index (χ4v) is 4.24. The van der Waals surface area contributed by atoms with Crippen LogP contribution in [0.4, 0.5) is 5.69 Å². The maximum Gasteiger partial charge on any atom is 0.303 e. The van der Waals surface area contributed by atoms with E-state index in [-0.39, 0.29) is 0 Å². The number of piperidine rings is 2. The van der Waals surface area contributed by atoms with Crippen molar-refractivity contribution in [2.75, 3.05) is 31.1 Å². The summed E-state index contributed by atoms with van der Waals surface area (Å²) in [5.41, 5.74) is 2.66. The molecule has 1 aromatic rings. The molecule has 1 unspecified atom stereocenters. The molecule has 4 heteroatoms. The molecule has 4 nitrogen and oxygen atoms in total. The van der Waals surface area contributed by atoms with E-state index in [0.29, 0.717) is 18.4 Å². The maximum atomic E-state index is 10.8. The van der Waals surface area contributed by atoms with E-state index in [9.17, 15) is 4.79 Å². The normalized spacial score (nSPS) is 23.4. The number of aliphatic carboxylic acids is 1. The Balaban J connectivity index is 1.49. The molecule has 2 heterocycles. The Labute approximate surface area is 145 Å². The third-order valence-corrected chi connectivity index (χ3v) is 5.70. The molecular formula is C20H30N2O2. The summed E-state index contributed by atoms with van der Waals surface area (Å²) in [7, 11) is 0. The van der Waals surface area contributed by atoms with Crippen LogP contribution < -0.4 is 4.90 Å². The molecule has 0 aliphatic carbocycles. The fraction of sp³-hybridized carbons (Fsp3) is 0.650. The van der Waals surface area contributed by atoms with Crippen molar-refractivity contribution in [3.8, 4) is 0 Å². The predicted molar refractivity (Wildman–Crippen MR) is 97.6 cm³/mol. The SMILES string of the molecule is Cc1ccc(N2CCC(N3CCCC(CCC(=O)O)C3)CC2)cc1. The zero-order valence-electron chi connectivity index (χ0n) is 14.8. The number of benzene rings is 1. The van der Waals surface area contributed by atoms with E-state index in [4.69, 9.17) is 5.11 Å². The predicted octanol–water partition coefficient (Wildman–Crippen LogP) is 3.54. The maximum absolute atomic E-state index is 10.8. The Morgan fingerprint density at radius 3 is 2.50 bits per heavy atom. The Hall–Kier alpha value is -1.55. The molecular weight excluding hydrogens is 300 g/mol. The topological polar surface area (TPSA) is 43.8 Å². The lowest BCUT2D eigenvalue weighted by atomic mass is 9.90. The lowest BCUT2D eigenvalue weighted by Gasteiger charge is -2.43. The van der Waals surface area contributed by atoms with Crippen LogP contribution in [-0.4, -0.2) is 48.2 Å². The van der Waals surface area contributed by atoms with Crippen LogP contribution >= 0.6 is 0 Å². The number of carboxylic acid groups (broad SMARTS) is 1. The van der Waals surface area contributed by atoms with Gasteiger partial charge in [0.15, 0.2) is 0 Å². The fourth-order valence-electron chi connectivity index (χ4n) is 4.24. The molecule has 0 radical (unpaired) electrons. The molecule has 1 atom stereocenters. The van der Waals surface area contributed by atoms with Crippen molar-refractivity contribution >= 4 is 11.7 Å². The van der Waals surface area contributed by atoms with Crippen molar-refractivity contribution in [2.24, 2.45) is 5.92 Å². The average molecular weight is 330 g/mol. The molecule has 2 fully saturated rings. The Morgan fingerprint density at radius 2 is 1.83 bits per heavy atom. The Morgan fingerprint density at radius 1 is 1.12 bits per heavy atom. The van der Waals surface area contributed by atoms with Gasteiger partial charge in [-0.05, 0) is 63.6 Å². The Bertz CT molecular complexity index is 535. The molecule has 3 rings (SSSR count). The summed E-state index contributed by atoms with van der Waals surface area (Å²) in [5.74, 6) is -0.0801. The van der Waals surface area contributed by atoms with Crippen molar-refractivity contribution < 1.29 is 9.90 Å². The van der Waals surface area contributed by atoms with Gasteiger partial charge in [0.2, 0.25) is 0 Å². The van der Waals surface area contributed by atoms with E-state index in [1.54, 1.807) is 0 Å². The monoisotopic (exact) mass is 330 g/mol. The van der Waals surface area contributed by atoms with Gasteiger partial charge in [0.25, 0.3) is 0 Å². The van der Waals surface area contributed by atoms with E-state index < -0.39 is 5.97 Å². The molecule has 24 heavy (non-hydrogen) atoms. The van der Waals surface area contributed by atoms with Gasteiger partial charge in [-0.15, -0.1) is 0 Å².